The molecule has 1 aliphatic heterocycles. The minimum Gasteiger partial charge on any atom is -0.480 e. The predicted molar refractivity (Wildman–Crippen MR) is 74.4 cm³/mol. The van der Waals surface area contributed by atoms with Crippen LogP contribution in [0.2, 0.25) is 0 Å². The Kier molecular flexibility index (Phi) is 3.08. The van der Waals surface area contributed by atoms with Crippen molar-refractivity contribution in [2.24, 2.45) is 23.2 Å². The van der Waals surface area contributed by atoms with Crippen LogP contribution >= 0.6 is 0 Å². The van der Waals surface area contributed by atoms with Gasteiger partial charge in [-0.1, -0.05) is 0 Å². The van der Waals surface area contributed by atoms with Crippen molar-refractivity contribution in [3.63, 3.8) is 0 Å². The van der Waals surface area contributed by atoms with Gasteiger partial charge in [-0.05, 0) is 61.7 Å². The van der Waals surface area contributed by atoms with Gasteiger partial charge < -0.3 is 9.84 Å². The summed E-state index contributed by atoms with van der Waals surface area (Å²) in [4.78, 5) is 14.2. The van der Waals surface area contributed by atoms with E-state index in [1.807, 2.05) is 0 Å². The van der Waals surface area contributed by atoms with Crippen LogP contribution in [-0.2, 0) is 9.53 Å². The molecule has 0 aromatic carbocycles. The van der Waals surface area contributed by atoms with Crippen molar-refractivity contribution >= 4 is 5.97 Å². The number of aliphatic carboxylic acids is 1. The minimum absolute atomic E-state index is 0.0674. The van der Waals surface area contributed by atoms with E-state index in [4.69, 9.17) is 4.74 Å². The van der Waals surface area contributed by atoms with Gasteiger partial charge in [0.1, 0.15) is 6.04 Å². The number of hydrogen-bond donors (Lipinski definition) is 1. The molecule has 112 valence electrons. The molecule has 5 fully saturated rings. The maximum Gasteiger partial charge on any atom is 0.321 e. The van der Waals surface area contributed by atoms with Crippen molar-refractivity contribution in [2.75, 3.05) is 26.3 Å². The number of hydrogen-bond acceptors (Lipinski definition) is 3. The van der Waals surface area contributed by atoms with Gasteiger partial charge in [-0.2, -0.15) is 0 Å². The first-order valence-corrected chi connectivity index (χ1v) is 8.21. The highest BCUT2D eigenvalue weighted by Gasteiger charge is 2.57. The van der Waals surface area contributed by atoms with Gasteiger partial charge in [-0.25, -0.2) is 0 Å². The molecule has 0 amide bonds. The summed E-state index contributed by atoms with van der Waals surface area (Å²) in [6, 6.07) is -0.264. The van der Waals surface area contributed by atoms with E-state index in [2.05, 4.69) is 4.90 Å². The molecule has 20 heavy (non-hydrogen) atoms. The van der Waals surface area contributed by atoms with Crippen LogP contribution in [0.15, 0.2) is 0 Å². The molecule has 4 aliphatic carbocycles. The van der Waals surface area contributed by atoms with Crippen molar-refractivity contribution in [1.29, 1.82) is 0 Å². The molecule has 1 heterocycles. The maximum atomic E-state index is 12.0. The second-order valence-corrected chi connectivity index (χ2v) is 7.67. The molecular weight excluding hydrogens is 254 g/mol. The normalized spacial score (nSPS) is 45.5. The molecule has 1 atom stereocenters. The van der Waals surface area contributed by atoms with Crippen molar-refractivity contribution in [3.8, 4) is 0 Å². The highest BCUT2D eigenvalue weighted by molar-refractivity contribution is 5.75. The first kappa shape index (κ1) is 13.1. The molecule has 0 spiro atoms. The average molecular weight is 279 g/mol. The molecule has 4 saturated carbocycles. The van der Waals surface area contributed by atoms with Crippen molar-refractivity contribution in [3.05, 3.63) is 0 Å². The molecule has 4 bridgehead atoms. The Morgan fingerprint density at radius 1 is 1.05 bits per heavy atom. The molecule has 0 aromatic heterocycles. The van der Waals surface area contributed by atoms with Gasteiger partial charge in [0.05, 0.1) is 13.2 Å². The zero-order chi connectivity index (χ0) is 13.7. The zero-order valence-corrected chi connectivity index (χ0v) is 12.1. The zero-order valence-electron chi connectivity index (χ0n) is 12.1. The Balaban J connectivity index is 1.63. The summed E-state index contributed by atoms with van der Waals surface area (Å²) in [5, 5.41) is 9.90. The first-order chi connectivity index (χ1) is 9.66. The fraction of sp³-hybridized carbons (Fsp3) is 0.938. The first-order valence-electron chi connectivity index (χ1n) is 8.21. The van der Waals surface area contributed by atoms with Crippen LogP contribution in [0.3, 0.4) is 0 Å². The molecule has 5 rings (SSSR count). The van der Waals surface area contributed by atoms with E-state index < -0.39 is 5.97 Å². The standard InChI is InChI=1S/C16H25NO3/c18-15(19)14(17-1-3-20-4-2-17)16-8-11-5-12(9-16)7-13(6-11)10-16/h11-14H,1-10H2,(H,18,19)/t11?,12?,13?,14-,16?/m1/s1. The summed E-state index contributed by atoms with van der Waals surface area (Å²) in [6.07, 6.45) is 7.59. The summed E-state index contributed by atoms with van der Waals surface area (Å²) < 4.78 is 5.41. The lowest BCUT2D eigenvalue weighted by Crippen LogP contribution is -2.61. The molecule has 4 heteroatoms. The van der Waals surface area contributed by atoms with Crippen LogP contribution in [0.5, 0.6) is 0 Å². The fourth-order valence-electron chi connectivity index (χ4n) is 6.15. The van der Waals surface area contributed by atoms with Crippen LogP contribution in [0.4, 0.5) is 0 Å². The Labute approximate surface area is 120 Å². The van der Waals surface area contributed by atoms with E-state index in [1.54, 1.807) is 0 Å². The molecule has 1 N–H and O–H groups in total. The van der Waals surface area contributed by atoms with Gasteiger partial charge >= 0.3 is 5.97 Å². The highest BCUT2D eigenvalue weighted by Crippen LogP contribution is 2.62. The third-order valence-electron chi connectivity index (χ3n) is 6.31. The second kappa shape index (κ2) is 4.70. The van der Waals surface area contributed by atoms with Gasteiger partial charge in [0, 0.05) is 13.1 Å². The summed E-state index contributed by atoms with van der Waals surface area (Å²) >= 11 is 0. The van der Waals surface area contributed by atoms with E-state index in [0.29, 0.717) is 13.2 Å². The van der Waals surface area contributed by atoms with Crippen molar-refractivity contribution < 1.29 is 14.6 Å². The summed E-state index contributed by atoms with van der Waals surface area (Å²) in [5.41, 5.74) is 0.0674. The average Bonchev–Trinajstić information content (AvgIpc) is 2.37. The van der Waals surface area contributed by atoms with E-state index in [1.165, 1.54) is 19.3 Å². The van der Waals surface area contributed by atoms with E-state index >= 15 is 0 Å². The van der Waals surface area contributed by atoms with Crippen LogP contribution < -0.4 is 0 Å². The number of nitrogens with zero attached hydrogens (tertiary/aromatic N) is 1. The predicted octanol–water partition coefficient (Wildman–Crippen LogP) is 1.99. The molecule has 1 saturated heterocycles. The van der Waals surface area contributed by atoms with Gasteiger partial charge in [0.25, 0.3) is 0 Å². The highest BCUT2D eigenvalue weighted by atomic mass is 16.5. The van der Waals surface area contributed by atoms with Crippen LogP contribution in [-0.4, -0.2) is 48.3 Å². The second-order valence-electron chi connectivity index (χ2n) is 7.67. The number of carboxylic acid groups (broad SMARTS) is 1. The van der Waals surface area contributed by atoms with E-state index in [-0.39, 0.29) is 11.5 Å². The number of carbonyl (C=O) groups is 1. The summed E-state index contributed by atoms with van der Waals surface area (Å²) in [7, 11) is 0. The summed E-state index contributed by atoms with van der Waals surface area (Å²) in [5.74, 6) is 1.84. The maximum absolute atomic E-state index is 12.0. The smallest absolute Gasteiger partial charge is 0.321 e. The van der Waals surface area contributed by atoms with Crippen molar-refractivity contribution in [2.45, 2.75) is 44.6 Å². The number of rotatable bonds is 3. The van der Waals surface area contributed by atoms with Crippen LogP contribution in [0, 0.1) is 23.2 Å². The Hall–Kier alpha value is -0.610. The number of ether oxygens (including phenoxy) is 1. The lowest BCUT2D eigenvalue weighted by Gasteiger charge is -2.60. The Morgan fingerprint density at radius 3 is 2.00 bits per heavy atom. The largest absolute Gasteiger partial charge is 0.480 e. The third-order valence-corrected chi connectivity index (χ3v) is 6.31. The monoisotopic (exact) mass is 279 g/mol. The Bertz CT molecular complexity index is 367. The van der Waals surface area contributed by atoms with E-state index in [0.717, 1.165) is 50.1 Å². The molecular formula is C16H25NO3. The quantitative estimate of drug-likeness (QED) is 0.858. The lowest BCUT2D eigenvalue weighted by molar-refractivity contribution is -0.165. The van der Waals surface area contributed by atoms with Crippen molar-refractivity contribution in [1.82, 2.24) is 4.90 Å². The van der Waals surface area contributed by atoms with Gasteiger partial charge in [-0.15, -0.1) is 0 Å². The van der Waals surface area contributed by atoms with Crippen LogP contribution in [0.25, 0.3) is 0 Å². The molecule has 0 aromatic rings. The molecule has 0 radical (unpaired) electrons. The lowest BCUT2D eigenvalue weighted by atomic mass is 9.47. The number of carboxylic acids is 1. The summed E-state index contributed by atoms with van der Waals surface area (Å²) in [6.45, 7) is 2.96. The third kappa shape index (κ3) is 2.00. The Morgan fingerprint density at radius 2 is 1.55 bits per heavy atom. The van der Waals surface area contributed by atoms with Gasteiger partial charge in [0.15, 0.2) is 0 Å². The molecule has 4 nitrogen and oxygen atoms in total. The fourth-order valence-corrected chi connectivity index (χ4v) is 6.15. The minimum atomic E-state index is -0.589. The SMILES string of the molecule is O=C(O)[C@@H](N1CCOCC1)C12CC3CC(CC(C3)C1)C2. The molecule has 5 aliphatic rings. The molecule has 0 unspecified atom stereocenters. The topological polar surface area (TPSA) is 49.8 Å². The van der Waals surface area contributed by atoms with Gasteiger partial charge in [-0.3, -0.25) is 9.69 Å². The van der Waals surface area contributed by atoms with Gasteiger partial charge in [0.2, 0.25) is 0 Å². The van der Waals surface area contributed by atoms with E-state index in [9.17, 15) is 9.90 Å². The van der Waals surface area contributed by atoms with Crippen LogP contribution in [0.1, 0.15) is 38.5 Å². The number of morpholine rings is 1.